The predicted octanol–water partition coefficient (Wildman–Crippen LogP) is 1.68. The van der Waals surface area contributed by atoms with E-state index >= 15 is 0 Å². The van der Waals surface area contributed by atoms with Crippen molar-refractivity contribution in [1.29, 1.82) is 0 Å². The standard InChI is InChI=1S/C13H14N2O4S/c1-13(2)11(18)15(12(19)14-13)7-9-4-3-8(20-9)5-6-10(16)17/h3-6H,7H2,1-2H3,(H,14,19)(H,16,17). The molecule has 0 aliphatic carbocycles. The van der Waals surface area contributed by atoms with Gasteiger partial charge >= 0.3 is 12.0 Å². The fourth-order valence-electron chi connectivity index (χ4n) is 1.84. The summed E-state index contributed by atoms with van der Waals surface area (Å²) in [5.74, 6) is -1.28. The number of amides is 3. The van der Waals surface area contributed by atoms with E-state index in [1.807, 2.05) is 0 Å². The molecule has 2 heterocycles. The molecule has 1 saturated heterocycles. The molecule has 2 rings (SSSR count). The van der Waals surface area contributed by atoms with E-state index in [0.717, 1.165) is 20.7 Å². The van der Waals surface area contributed by atoms with E-state index in [-0.39, 0.29) is 12.5 Å². The molecule has 3 amide bonds. The second kappa shape index (κ2) is 5.09. The molecule has 0 spiro atoms. The van der Waals surface area contributed by atoms with Crippen LogP contribution in [0, 0.1) is 0 Å². The van der Waals surface area contributed by atoms with Crippen LogP contribution in [0.3, 0.4) is 0 Å². The molecule has 0 aromatic carbocycles. The zero-order chi connectivity index (χ0) is 14.9. The van der Waals surface area contributed by atoms with Gasteiger partial charge in [0, 0.05) is 15.8 Å². The highest BCUT2D eigenvalue weighted by molar-refractivity contribution is 7.12. The Morgan fingerprint density at radius 2 is 2.15 bits per heavy atom. The van der Waals surface area contributed by atoms with Gasteiger partial charge in [-0.2, -0.15) is 0 Å². The second-order valence-corrected chi connectivity index (χ2v) is 6.12. The number of hydrogen-bond acceptors (Lipinski definition) is 4. The van der Waals surface area contributed by atoms with Gasteiger partial charge in [0.15, 0.2) is 0 Å². The van der Waals surface area contributed by atoms with Crippen molar-refractivity contribution in [3.05, 3.63) is 28.0 Å². The normalized spacial score (nSPS) is 17.8. The van der Waals surface area contributed by atoms with Crippen LogP contribution in [-0.4, -0.2) is 33.5 Å². The molecule has 0 bridgehead atoms. The Morgan fingerprint density at radius 3 is 2.70 bits per heavy atom. The average molecular weight is 294 g/mol. The van der Waals surface area contributed by atoms with Gasteiger partial charge < -0.3 is 10.4 Å². The van der Waals surface area contributed by atoms with Gasteiger partial charge in [-0.25, -0.2) is 9.59 Å². The van der Waals surface area contributed by atoms with E-state index in [1.165, 1.54) is 17.4 Å². The SMILES string of the molecule is CC1(C)NC(=O)N(Cc2ccc(C=CC(=O)O)s2)C1=O. The van der Waals surface area contributed by atoms with Crippen molar-refractivity contribution in [1.82, 2.24) is 10.2 Å². The Balaban J connectivity index is 2.10. The Bertz CT molecular complexity index is 603. The fourth-order valence-corrected chi connectivity index (χ4v) is 2.74. The summed E-state index contributed by atoms with van der Waals surface area (Å²) in [6.07, 6.45) is 2.53. The average Bonchev–Trinajstić information content (AvgIpc) is 2.86. The quantitative estimate of drug-likeness (QED) is 0.653. The van der Waals surface area contributed by atoms with Crippen molar-refractivity contribution in [2.24, 2.45) is 0 Å². The van der Waals surface area contributed by atoms with E-state index < -0.39 is 17.5 Å². The molecule has 2 N–H and O–H groups in total. The molecule has 6 nitrogen and oxygen atoms in total. The molecular formula is C13H14N2O4S. The summed E-state index contributed by atoms with van der Waals surface area (Å²) in [6.45, 7) is 3.50. The summed E-state index contributed by atoms with van der Waals surface area (Å²) in [5.41, 5.74) is -0.875. The van der Waals surface area contributed by atoms with Crippen LogP contribution in [-0.2, 0) is 16.1 Å². The van der Waals surface area contributed by atoms with Gasteiger partial charge in [0.2, 0.25) is 0 Å². The molecule has 0 atom stereocenters. The van der Waals surface area contributed by atoms with Crippen LogP contribution in [0.1, 0.15) is 23.6 Å². The van der Waals surface area contributed by atoms with E-state index in [4.69, 9.17) is 5.11 Å². The molecule has 1 aromatic heterocycles. The number of nitrogens with zero attached hydrogens (tertiary/aromatic N) is 1. The number of nitrogens with one attached hydrogen (secondary N) is 1. The molecule has 1 aliphatic rings. The Morgan fingerprint density at radius 1 is 1.45 bits per heavy atom. The molecule has 1 aliphatic heterocycles. The van der Waals surface area contributed by atoms with Crippen molar-refractivity contribution < 1.29 is 19.5 Å². The van der Waals surface area contributed by atoms with Gasteiger partial charge in [0.25, 0.3) is 5.91 Å². The van der Waals surface area contributed by atoms with Crippen molar-refractivity contribution in [3.8, 4) is 0 Å². The van der Waals surface area contributed by atoms with Crippen LogP contribution in [0.5, 0.6) is 0 Å². The number of carboxylic acids is 1. The number of carbonyl (C=O) groups excluding carboxylic acids is 2. The monoisotopic (exact) mass is 294 g/mol. The van der Waals surface area contributed by atoms with Crippen LogP contribution in [0.25, 0.3) is 6.08 Å². The lowest BCUT2D eigenvalue weighted by atomic mass is 10.1. The lowest BCUT2D eigenvalue weighted by Crippen LogP contribution is -2.40. The molecule has 0 unspecified atom stereocenters. The lowest BCUT2D eigenvalue weighted by molar-refractivity contribution is -0.131. The van der Waals surface area contributed by atoms with Crippen LogP contribution < -0.4 is 5.32 Å². The van der Waals surface area contributed by atoms with E-state index in [2.05, 4.69) is 5.32 Å². The minimum atomic E-state index is -1.02. The largest absolute Gasteiger partial charge is 0.478 e. The van der Waals surface area contributed by atoms with Crippen LogP contribution in [0.15, 0.2) is 18.2 Å². The van der Waals surface area contributed by atoms with E-state index in [1.54, 1.807) is 26.0 Å². The first-order valence-electron chi connectivity index (χ1n) is 5.93. The van der Waals surface area contributed by atoms with Gasteiger partial charge in [-0.15, -0.1) is 11.3 Å². The summed E-state index contributed by atoms with van der Waals surface area (Å²) in [6, 6.07) is 3.12. The molecular weight excluding hydrogens is 280 g/mol. The third kappa shape index (κ3) is 2.88. The van der Waals surface area contributed by atoms with Gasteiger partial charge in [-0.05, 0) is 32.1 Å². The number of carbonyl (C=O) groups is 3. The third-order valence-corrected chi connectivity index (χ3v) is 3.87. The Labute approximate surface area is 119 Å². The third-order valence-electron chi connectivity index (χ3n) is 2.83. The van der Waals surface area contributed by atoms with Crippen LogP contribution >= 0.6 is 11.3 Å². The predicted molar refractivity (Wildman–Crippen MR) is 74.1 cm³/mol. The van der Waals surface area contributed by atoms with Gasteiger partial charge in [-0.1, -0.05) is 0 Å². The highest BCUT2D eigenvalue weighted by Crippen LogP contribution is 2.24. The number of imide groups is 1. The zero-order valence-corrected chi connectivity index (χ0v) is 11.9. The van der Waals surface area contributed by atoms with Crippen molar-refractivity contribution in [3.63, 3.8) is 0 Å². The zero-order valence-electron chi connectivity index (χ0n) is 11.0. The smallest absolute Gasteiger partial charge is 0.328 e. The number of carboxylic acid groups (broad SMARTS) is 1. The second-order valence-electron chi connectivity index (χ2n) is 4.92. The number of rotatable bonds is 4. The van der Waals surface area contributed by atoms with Gasteiger partial charge in [-0.3, -0.25) is 9.69 Å². The first kappa shape index (κ1) is 14.3. The molecule has 1 fully saturated rings. The Kier molecular flexibility index (Phi) is 3.63. The maximum absolute atomic E-state index is 12.0. The van der Waals surface area contributed by atoms with Crippen molar-refractivity contribution >= 4 is 35.3 Å². The van der Waals surface area contributed by atoms with E-state index in [0.29, 0.717) is 0 Å². The summed E-state index contributed by atoms with van der Waals surface area (Å²) in [7, 11) is 0. The van der Waals surface area contributed by atoms with E-state index in [9.17, 15) is 14.4 Å². The molecule has 106 valence electrons. The topological polar surface area (TPSA) is 86.7 Å². The minimum Gasteiger partial charge on any atom is -0.478 e. The van der Waals surface area contributed by atoms with Gasteiger partial charge in [0.1, 0.15) is 5.54 Å². The van der Waals surface area contributed by atoms with Crippen LogP contribution in [0.2, 0.25) is 0 Å². The Hall–Kier alpha value is -2.15. The highest BCUT2D eigenvalue weighted by atomic mass is 32.1. The highest BCUT2D eigenvalue weighted by Gasteiger charge is 2.44. The maximum atomic E-state index is 12.0. The number of thiophene rings is 1. The minimum absolute atomic E-state index is 0.194. The summed E-state index contributed by atoms with van der Waals surface area (Å²) in [4.78, 5) is 36.9. The molecule has 20 heavy (non-hydrogen) atoms. The molecule has 0 radical (unpaired) electrons. The molecule has 1 aromatic rings. The van der Waals surface area contributed by atoms with Crippen molar-refractivity contribution in [2.45, 2.75) is 25.9 Å². The maximum Gasteiger partial charge on any atom is 0.328 e. The first-order chi connectivity index (χ1) is 9.29. The number of hydrogen-bond donors (Lipinski definition) is 2. The summed E-state index contributed by atoms with van der Waals surface area (Å²) >= 11 is 1.34. The number of aliphatic carboxylic acids is 1. The van der Waals surface area contributed by atoms with Crippen molar-refractivity contribution in [2.75, 3.05) is 0 Å². The first-order valence-corrected chi connectivity index (χ1v) is 6.75. The fraction of sp³-hybridized carbons (Fsp3) is 0.308. The summed E-state index contributed by atoms with van der Waals surface area (Å²) in [5, 5.41) is 11.2. The van der Waals surface area contributed by atoms with Crippen LogP contribution in [0.4, 0.5) is 4.79 Å². The molecule has 0 saturated carbocycles. The number of urea groups is 1. The molecule has 7 heteroatoms. The van der Waals surface area contributed by atoms with Gasteiger partial charge in [0.05, 0.1) is 6.54 Å². The summed E-state index contributed by atoms with van der Waals surface area (Å²) < 4.78 is 0. The lowest BCUT2D eigenvalue weighted by Gasteiger charge is -2.15.